The fraction of sp³-hybridized carbons (Fsp3) is 1.00. The van der Waals surface area contributed by atoms with Crippen LogP contribution < -0.4 is 0 Å². The van der Waals surface area contributed by atoms with Gasteiger partial charge in [-0.05, 0) is 0 Å². The molecule has 0 saturated heterocycles. The van der Waals surface area contributed by atoms with Gasteiger partial charge in [0, 0.05) is 0 Å². The van der Waals surface area contributed by atoms with Crippen molar-refractivity contribution in [2.45, 2.75) is 0 Å². The summed E-state index contributed by atoms with van der Waals surface area (Å²) in [7, 11) is -2.68. The molecule has 44 valence electrons. The van der Waals surface area contributed by atoms with Gasteiger partial charge in [0.2, 0.25) is 7.37 Å². The summed E-state index contributed by atoms with van der Waals surface area (Å²) in [5.41, 5.74) is 0. The zero-order chi connectivity index (χ0) is 5.91. The molecule has 5 heteroatoms. The van der Waals surface area contributed by atoms with Crippen LogP contribution in [0.2, 0.25) is 0 Å². The molecule has 7 heavy (non-hydrogen) atoms. The van der Waals surface area contributed by atoms with Crippen LogP contribution in [0, 0.1) is 0 Å². The molecule has 0 heterocycles. The van der Waals surface area contributed by atoms with Crippen LogP contribution in [-0.4, -0.2) is 13.2 Å². The van der Waals surface area contributed by atoms with Crippen LogP contribution in [0.15, 0.2) is 0 Å². The van der Waals surface area contributed by atoms with E-state index in [9.17, 15) is 4.57 Å². The lowest BCUT2D eigenvalue weighted by molar-refractivity contribution is 0.490. The highest BCUT2D eigenvalue weighted by molar-refractivity contribution is 14.1. The van der Waals surface area contributed by atoms with Crippen molar-refractivity contribution in [2.24, 2.45) is 0 Å². The molecule has 0 saturated carbocycles. The van der Waals surface area contributed by atoms with E-state index in [0.29, 0.717) is 8.34 Å². The number of hydrogen-bond donors (Lipinski definition) is 1. The van der Waals surface area contributed by atoms with E-state index in [1.54, 1.807) is 0 Å². The minimum atomic E-state index is -2.68. The number of alkyl halides is 2. The smallest absolute Gasteiger partial charge is 0.219 e. The van der Waals surface area contributed by atoms with E-state index in [1.807, 2.05) is 45.2 Å². The Kier molecular flexibility index (Phi) is 4.49. The van der Waals surface area contributed by atoms with E-state index in [-0.39, 0.29) is 0 Å². The first kappa shape index (κ1) is 8.65. The third-order valence-electron chi connectivity index (χ3n) is 0.374. The van der Waals surface area contributed by atoms with E-state index in [0.717, 1.165) is 0 Å². The Morgan fingerprint density at radius 3 is 1.71 bits per heavy atom. The highest BCUT2D eigenvalue weighted by Gasteiger charge is 2.11. The van der Waals surface area contributed by atoms with Crippen LogP contribution in [0.5, 0.6) is 0 Å². The van der Waals surface area contributed by atoms with Crippen molar-refractivity contribution in [3.63, 3.8) is 0 Å². The highest BCUT2D eigenvalue weighted by Crippen LogP contribution is 2.43. The van der Waals surface area contributed by atoms with Gasteiger partial charge in [0.25, 0.3) is 0 Å². The van der Waals surface area contributed by atoms with Gasteiger partial charge in [-0.1, -0.05) is 45.2 Å². The van der Waals surface area contributed by atoms with E-state index < -0.39 is 7.37 Å². The largest absolute Gasteiger partial charge is 0.343 e. The molecular formula is C2H5I2O2P. The van der Waals surface area contributed by atoms with Crippen molar-refractivity contribution >= 4 is 52.6 Å². The SMILES string of the molecule is O=P(O)(CI)CI. The van der Waals surface area contributed by atoms with Crippen molar-refractivity contribution in [3.8, 4) is 0 Å². The summed E-state index contributed by atoms with van der Waals surface area (Å²) in [4.78, 5) is 8.67. The second kappa shape index (κ2) is 3.63. The number of rotatable bonds is 2. The van der Waals surface area contributed by atoms with Gasteiger partial charge in [-0.3, -0.25) is 4.57 Å². The minimum Gasteiger partial charge on any atom is -0.343 e. The molecule has 0 radical (unpaired) electrons. The summed E-state index contributed by atoms with van der Waals surface area (Å²) in [6.45, 7) is 0. The standard InChI is InChI=1S/C2H5I2O2P/c3-1-7(5,6)2-4/h1-2H2,(H,5,6). The molecule has 0 fully saturated rings. The minimum absolute atomic E-state index is 0.369. The average molecular weight is 346 g/mol. The Morgan fingerprint density at radius 1 is 1.43 bits per heavy atom. The fourth-order valence-electron chi connectivity index (χ4n) is 0.0319. The Bertz CT molecular complexity index is 85.7. The molecule has 1 N–H and O–H groups in total. The molecule has 0 aliphatic heterocycles. The lowest BCUT2D eigenvalue weighted by Gasteiger charge is -1.98. The molecule has 0 bridgehead atoms. The van der Waals surface area contributed by atoms with Crippen molar-refractivity contribution in [3.05, 3.63) is 0 Å². The van der Waals surface area contributed by atoms with Crippen LogP contribution in [0.1, 0.15) is 0 Å². The molecule has 0 aliphatic rings. The van der Waals surface area contributed by atoms with Crippen LogP contribution in [0.4, 0.5) is 0 Å². The van der Waals surface area contributed by atoms with Gasteiger partial charge < -0.3 is 4.89 Å². The summed E-state index contributed by atoms with van der Waals surface area (Å²) < 4.78 is 11.2. The van der Waals surface area contributed by atoms with Crippen LogP contribution in [-0.2, 0) is 4.57 Å². The summed E-state index contributed by atoms with van der Waals surface area (Å²) >= 11 is 3.82. The zero-order valence-corrected chi connectivity index (χ0v) is 8.68. The van der Waals surface area contributed by atoms with E-state index in [2.05, 4.69) is 0 Å². The topological polar surface area (TPSA) is 37.3 Å². The molecule has 0 atom stereocenters. The quantitative estimate of drug-likeness (QED) is 0.472. The van der Waals surface area contributed by atoms with Crippen molar-refractivity contribution in [2.75, 3.05) is 8.34 Å². The number of halogens is 2. The maximum absolute atomic E-state index is 10.5. The first-order valence-electron chi connectivity index (χ1n) is 1.55. The molecule has 0 rings (SSSR count). The lowest BCUT2D eigenvalue weighted by Crippen LogP contribution is -1.78. The zero-order valence-electron chi connectivity index (χ0n) is 3.47. The lowest BCUT2D eigenvalue weighted by atomic mass is 11.9. The molecule has 0 amide bonds. The van der Waals surface area contributed by atoms with E-state index in [1.165, 1.54) is 0 Å². The van der Waals surface area contributed by atoms with Gasteiger partial charge in [-0.2, -0.15) is 0 Å². The Hall–Kier alpha value is 1.65. The highest BCUT2D eigenvalue weighted by atomic mass is 127. The van der Waals surface area contributed by atoms with Crippen molar-refractivity contribution in [1.29, 1.82) is 0 Å². The summed E-state index contributed by atoms with van der Waals surface area (Å²) in [5, 5.41) is 0. The molecule has 0 unspecified atom stereocenters. The van der Waals surface area contributed by atoms with Gasteiger partial charge in [0.05, 0.1) is 8.34 Å². The maximum Gasteiger partial charge on any atom is 0.219 e. The Balaban J connectivity index is 3.61. The van der Waals surface area contributed by atoms with Gasteiger partial charge in [-0.15, -0.1) is 0 Å². The third-order valence-corrected chi connectivity index (χ3v) is 7.52. The van der Waals surface area contributed by atoms with Crippen LogP contribution in [0.3, 0.4) is 0 Å². The van der Waals surface area contributed by atoms with Gasteiger partial charge in [0.15, 0.2) is 0 Å². The predicted molar refractivity (Wildman–Crippen MR) is 47.6 cm³/mol. The molecular weight excluding hydrogens is 341 g/mol. The van der Waals surface area contributed by atoms with Crippen molar-refractivity contribution in [1.82, 2.24) is 0 Å². The molecule has 0 spiro atoms. The maximum atomic E-state index is 10.5. The average Bonchev–Trinajstić information content (AvgIpc) is 1.68. The number of hydrogen-bond acceptors (Lipinski definition) is 1. The summed E-state index contributed by atoms with van der Waals surface area (Å²) in [6.07, 6.45) is 0. The summed E-state index contributed by atoms with van der Waals surface area (Å²) in [6, 6.07) is 0. The molecule has 2 nitrogen and oxygen atoms in total. The molecule has 0 aromatic rings. The first-order chi connectivity index (χ1) is 3.12. The van der Waals surface area contributed by atoms with Crippen LogP contribution in [0.25, 0.3) is 0 Å². The monoisotopic (exact) mass is 346 g/mol. The van der Waals surface area contributed by atoms with Crippen molar-refractivity contribution < 1.29 is 9.46 Å². The normalized spacial score (nSPS) is 11.9. The first-order valence-corrected chi connectivity index (χ1v) is 6.63. The fourth-order valence-corrected chi connectivity index (χ4v) is 4.31. The van der Waals surface area contributed by atoms with Crippen LogP contribution >= 0.6 is 52.6 Å². The Labute approximate surface area is 69.8 Å². The molecule has 0 aromatic heterocycles. The molecule has 0 aromatic carbocycles. The van der Waals surface area contributed by atoms with Gasteiger partial charge in [-0.25, -0.2) is 0 Å². The summed E-state index contributed by atoms with van der Waals surface area (Å²) in [5.74, 6) is 0. The van der Waals surface area contributed by atoms with E-state index >= 15 is 0 Å². The second-order valence-electron chi connectivity index (χ2n) is 1.09. The third kappa shape index (κ3) is 4.17. The second-order valence-corrected chi connectivity index (χ2v) is 7.35. The predicted octanol–water partition coefficient (Wildman–Crippen LogP) is 2.04. The van der Waals surface area contributed by atoms with E-state index in [4.69, 9.17) is 4.89 Å². The van der Waals surface area contributed by atoms with Gasteiger partial charge >= 0.3 is 0 Å². The Morgan fingerprint density at radius 2 is 1.71 bits per heavy atom. The molecule has 0 aliphatic carbocycles. The van der Waals surface area contributed by atoms with Gasteiger partial charge in [0.1, 0.15) is 0 Å².